The van der Waals surface area contributed by atoms with Crippen molar-refractivity contribution in [1.29, 1.82) is 0 Å². The molecule has 2 fully saturated rings. The number of hydrogen-bond donors (Lipinski definition) is 2. The van der Waals surface area contributed by atoms with E-state index in [0.717, 1.165) is 19.4 Å². The predicted molar refractivity (Wildman–Crippen MR) is 155 cm³/mol. The zero-order valence-electron chi connectivity index (χ0n) is 23.8. The third kappa shape index (κ3) is 5.31. The smallest absolute Gasteiger partial charge is 0.257 e. The molecule has 0 bridgehead atoms. The number of benzene rings is 2. The number of hydrogen-bond acceptors (Lipinski definition) is 8. The highest BCUT2D eigenvalue weighted by Crippen LogP contribution is 2.32. The topological polar surface area (TPSA) is 113 Å². The summed E-state index contributed by atoms with van der Waals surface area (Å²) in [7, 11) is 2.76. The lowest BCUT2D eigenvalue weighted by atomic mass is 10.1. The van der Waals surface area contributed by atoms with Gasteiger partial charge in [-0.1, -0.05) is 0 Å². The second-order valence-corrected chi connectivity index (χ2v) is 10.4. The Labute approximate surface area is 246 Å². The van der Waals surface area contributed by atoms with Crippen LogP contribution in [0.3, 0.4) is 0 Å². The summed E-state index contributed by atoms with van der Waals surface area (Å²) < 4.78 is 41.3. The van der Waals surface area contributed by atoms with Crippen molar-refractivity contribution in [2.45, 2.75) is 18.9 Å². The maximum absolute atomic E-state index is 14.8. The average molecular weight is 592 g/mol. The van der Waals surface area contributed by atoms with E-state index in [-0.39, 0.29) is 29.2 Å². The van der Waals surface area contributed by atoms with Crippen LogP contribution in [0.15, 0.2) is 48.9 Å². The van der Waals surface area contributed by atoms with E-state index in [1.165, 1.54) is 38.7 Å². The molecule has 0 unspecified atom stereocenters. The Balaban J connectivity index is 1.19. The Morgan fingerprint density at radius 1 is 0.977 bits per heavy atom. The molecule has 0 spiro atoms. The second-order valence-electron chi connectivity index (χ2n) is 10.4. The number of nitrogens with one attached hydrogen (secondary N) is 2. The van der Waals surface area contributed by atoms with Gasteiger partial charge in [0.2, 0.25) is 11.7 Å². The number of amides is 2. The van der Waals surface area contributed by atoms with Crippen LogP contribution in [-0.2, 0) is 4.79 Å². The van der Waals surface area contributed by atoms with Crippen LogP contribution in [0, 0.1) is 11.6 Å². The van der Waals surface area contributed by atoms with Gasteiger partial charge in [-0.25, -0.2) is 14.4 Å². The lowest BCUT2D eigenvalue weighted by molar-refractivity contribution is -0.134. The third-order valence-corrected chi connectivity index (χ3v) is 7.90. The predicted octanol–water partition coefficient (Wildman–Crippen LogP) is 3.47. The Kier molecular flexibility index (Phi) is 7.80. The van der Waals surface area contributed by atoms with Crippen molar-refractivity contribution in [3.63, 3.8) is 0 Å². The number of anilines is 2. The van der Waals surface area contributed by atoms with Gasteiger partial charge in [-0.3, -0.25) is 14.0 Å². The van der Waals surface area contributed by atoms with Gasteiger partial charge in [-0.05, 0) is 43.7 Å². The number of carbonyl (C=O) groups excluding carboxylic acids is 2. The van der Waals surface area contributed by atoms with Gasteiger partial charge in [0.1, 0.15) is 5.75 Å². The molecule has 1 atom stereocenters. The summed E-state index contributed by atoms with van der Waals surface area (Å²) >= 11 is 0. The van der Waals surface area contributed by atoms with E-state index in [1.807, 2.05) is 4.90 Å². The fraction of sp³-hybridized carbons (Fsp3) is 0.333. The first-order chi connectivity index (χ1) is 20.9. The minimum atomic E-state index is -1.08. The molecular formula is C30H31F2N7O4. The Bertz CT molecular complexity index is 1680. The van der Waals surface area contributed by atoms with Crippen molar-refractivity contribution in [3.05, 3.63) is 66.1 Å². The number of halogens is 2. The van der Waals surface area contributed by atoms with E-state index in [4.69, 9.17) is 9.47 Å². The van der Waals surface area contributed by atoms with Crippen molar-refractivity contribution >= 4 is 29.0 Å². The summed E-state index contributed by atoms with van der Waals surface area (Å²) in [5.74, 6) is -1.66. The third-order valence-electron chi connectivity index (χ3n) is 7.90. The highest BCUT2D eigenvalue weighted by molar-refractivity contribution is 5.98. The van der Waals surface area contributed by atoms with Gasteiger partial charge in [0, 0.05) is 55.9 Å². The summed E-state index contributed by atoms with van der Waals surface area (Å²) in [6.07, 6.45) is 6.40. The molecule has 2 aliphatic heterocycles. The van der Waals surface area contributed by atoms with Gasteiger partial charge in [-0.2, -0.15) is 4.39 Å². The summed E-state index contributed by atoms with van der Waals surface area (Å²) in [6.45, 7) is 2.71. The molecular weight excluding hydrogens is 560 g/mol. The molecule has 2 aromatic heterocycles. The molecule has 0 radical (unpaired) electrons. The first-order valence-corrected chi connectivity index (χ1v) is 14.0. The van der Waals surface area contributed by atoms with Crippen LogP contribution in [0.5, 0.6) is 11.5 Å². The minimum absolute atomic E-state index is 0.0212. The Morgan fingerprint density at radius 2 is 1.74 bits per heavy atom. The molecule has 4 heterocycles. The zero-order valence-corrected chi connectivity index (χ0v) is 23.8. The maximum atomic E-state index is 14.8. The molecule has 13 heteroatoms. The van der Waals surface area contributed by atoms with Crippen LogP contribution in [-0.4, -0.2) is 89.0 Å². The van der Waals surface area contributed by atoms with Crippen LogP contribution in [0.25, 0.3) is 16.9 Å². The van der Waals surface area contributed by atoms with E-state index in [2.05, 4.69) is 20.6 Å². The molecule has 2 saturated heterocycles. The van der Waals surface area contributed by atoms with E-state index < -0.39 is 11.6 Å². The molecule has 2 aromatic carbocycles. The van der Waals surface area contributed by atoms with Crippen LogP contribution < -0.4 is 20.1 Å². The molecule has 0 saturated carbocycles. The van der Waals surface area contributed by atoms with Gasteiger partial charge in [0.25, 0.3) is 5.91 Å². The largest absolute Gasteiger partial charge is 0.496 e. The van der Waals surface area contributed by atoms with Gasteiger partial charge in [-0.15, -0.1) is 0 Å². The molecule has 2 N–H and O–H groups in total. The van der Waals surface area contributed by atoms with E-state index in [9.17, 15) is 18.4 Å². The summed E-state index contributed by atoms with van der Waals surface area (Å²) in [6, 6.07) is 7.76. The van der Waals surface area contributed by atoms with E-state index >= 15 is 0 Å². The number of rotatable bonds is 7. The van der Waals surface area contributed by atoms with Gasteiger partial charge >= 0.3 is 0 Å². The first-order valence-electron chi connectivity index (χ1n) is 14.0. The molecule has 4 aromatic rings. The normalized spacial score (nSPS) is 16.9. The monoisotopic (exact) mass is 591 g/mol. The maximum Gasteiger partial charge on any atom is 0.257 e. The van der Waals surface area contributed by atoms with Crippen molar-refractivity contribution < 1.29 is 27.8 Å². The number of aromatic nitrogens is 3. The molecule has 224 valence electrons. The Hall–Kier alpha value is -4.78. The van der Waals surface area contributed by atoms with Crippen LogP contribution in [0.1, 0.15) is 23.2 Å². The lowest BCUT2D eigenvalue weighted by Gasteiger charge is -2.36. The first kappa shape index (κ1) is 28.3. The average Bonchev–Trinajstić information content (AvgIpc) is 3.73. The van der Waals surface area contributed by atoms with E-state index in [0.29, 0.717) is 60.3 Å². The lowest BCUT2D eigenvalue weighted by Crippen LogP contribution is -2.54. The fourth-order valence-corrected chi connectivity index (χ4v) is 5.59. The van der Waals surface area contributed by atoms with Crippen molar-refractivity contribution in [1.82, 2.24) is 29.5 Å². The molecule has 2 amide bonds. The van der Waals surface area contributed by atoms with Gasteiger partial charge in [0.05, 0.1) is 37.7 Å². The van der Waals surface area contributed by atoms with Crippen LogP contribution in [0.2, 0.25) is 0 Å². The SMILES string of the molecule is COc1cc(Nc2nccn3c(-c4ccc(OC)c(F)c4F)cnc23)ccc1C(=O)N1CCN(C(=O)[C@@H]2CCCN2)CC1. The molecule has 43 heavy (non-hydrogen) atoms. The number of ether oxygens (including phenoxy) is 2. The molecule has 0 aliphatic carbocycles. The fourth-order valence-electron chi connectivity index (χ4n) is 5.59. The minimum Gasteiger partial charge on any atom is -0.496 e. The number of imidazole rings is 1. The summed E-state index contributed by atoms with van der Waals surface area (Å²) in [5, 5.41) is 6.42. The Morgan fingerprint density at radius 3 is 2.47 bits per heavy atom. The number of carbonyl (C=O) groups is 2. The van der Waals surface area contributed by atoms with E-state index in [1.54, 1.807) is 33.7 Å². The zero-order chi connectivity index (χ0) is 30.1. The standard InChI is InChI=1S/C30H31F2N7O4/c1-42-23-8-7-19(25(31)26(23)32)22-17-35-28-27(34-10-11-39(22)28)36-18-5-6-20(24(16-18)43-2)29(40)37-12-14-38(15-13-37)30(41)21-4-3-9-33-21/h5-8,10-11,16-17,21,33H,3-4,9,12-15H2,1-2H3,(H,34,36)/t21-/m0/s1. The quantitative estimate of drug-likeness (QED) is 0.336. The molecule has 11 nitrogen and oxygen atoms in total. The van der Waals surface area contributed by atoms with Crippen molar-refractivity contribution in [2.24, 2.45) is 0 Å². The molecule has 6 rings (SSSR count). The van der Waals surface area contributed by atoms with Crippen LogP contribution in [0.4, 0.5) is 20.3 Å². The summed E-state index contributed by atoms with van der Waals surface area (Å²) in [5.41, 5.74) is 1.72. The number of fused-ring (bicyclic) bond motifs is 1. The van der Waals surface area contributed by atoms with Crippen molar-refractivity contribution in [3.8, 4) is 22.8 Å². The van der Waals surface area contributed by atoms with Crippen molar-refractivity contribution in [2.75, 3.05) is 52.3 Å². The number of nitrogens with zero attached hydrogens (tertiary/aromatic N) is 5. The van der Waals surface area contributed by atoms with Gasteiger partial charge in [0.15, 0.2) is 23.0 Å². The van der Waals surface area contributed by atoms with Gasteiger partial charge < -0.3 is 29.9 Å². The highest BCUT2D eigenvalue weighted by Gasteiger charge is 2.31. The summed E-state index contributed by atoms with van der Waals surface area (Å²) in [4.78, 5) is 38.5. The number of piperazine rings is 1. The highest BCUT2D eigenvalue weighted by atomic mass is 19.2. The molecule has 2 aliphatic rings. The van der Waals surface area contributed by atoms with Crippen LogP contribution >= 0.6 is 0 Å². The number of methoxy groups -OCH3 is 2. The second kappa shape index (κ2) is 11.8.